The van der Waals surface area contributed by atoms with Crippen LogP contribution >= 0.6 is 0 Å². The van der Waals surface area contributed by atoms with Crippen LogP contribution in [0.2, 0.25) is 0 Å². The normalized spacial score (nSPS) is 13.4. The number of imidazole rings is 2. The molecule has 0 saturated carbocycles. The number of aromatic nitrogens is 4. The van der Waals surface area contributed by atoms with E-state index < -0.39 is 0 Å². The molecule has 10 aromatic rings. The van der Waals surface area contributed by atoms with Crippen LogP contribution in [0.15, 0.2) is 170 Å². The molecule has 0 fully saturated rings. The maximum atomic E-state index is 7.24. The van der Waals surface area contributed by atoms with Gasteiger partial charge in [-0.1, -0.05) is 133 Å². The Morgan fingerprint density at radius 2 is 0.828 bits per heavy atom. The predicted molar refractivity (Wildman–Crippen MR) is 234 cm³/mol. The van der Waals surface area contributed by atoms with Gasteiger partial charge in [0.1, 0.15) is 34.6 Å². The van der Waals surface area contributed by atoms with Crippen molar-refractivity contribution >= 4 is 68.3 Å². The number of para-hydroxylation sites is 2. The summed E-state index contributed by atoms with van der Waals surface area (Å²) in [6.45, 7) is -0.212. The molecule has 14 rings (SSSR count). The fraction of sp³-hybridized carbons (Fsp3) is 0. The van der Waals surface area contributed by atoms with E-state index in [1.807, 2.05) is 0 Å². The van der Waals surface area contributed by atoms with Gasteiger partial charge in [-0.15, -0.1) is 0 Å². The Labute approximate surface area is 333 Å². The van der Waals surface area contributed by atoms with Crippen LogP contribution in [0.3, 0.4) is 0 Å². The molecule has 0 bridgehead atoms. The Balaban J connectivity index is 1.09. The van der Waals surface area contributed by atoms with E-state index in [0.29, 0.717) is 0 Å². The highest BCUT2D eigenvalue weighted by molar-refractivity contribution is 7.02. The third-order valence-corrected chi connectivity index (χ3v) is 12.6. The quantitative estimate of drug-likeness (QED) is 0.180. The lowest BCUT2D eigenvalue weighted by atomic mass is 9.31. The van der Waals surface area contributed by atoms with Crippen molar-refractivity contribution in [2.24, 2.45) is 0 Å². The lowest BCUT2D eigenvalue weighted by molar-refractivity contribution is 0.468. The standard InChI is InChI=1S/C50H28B2N4O2/c1-4-14-29(15-5-1)42-47-34(51-32-20-10-22-36-45(32)55(38-24-12-26-40(57-47)43(38)51)49(53-36)30-16-6-2-7-17-30)28-35-48(42)58-41-27-13-25-39-44(41)52(35)33-21-11-23-37-46(33)56(39)50(54-37)31-18-8-3-9-19-31/h1-28H. The number of benzene rings is 8. The smallest absolute Gasteiger partial charge is 0.256 e. The van der Waals surface area contributed by atoms with E-state index in [1.54, 1.807) is 0 Å². The third kappa shape index (κ3) is 3.84. The molecule has 8 aromatic carbocycles. The van der Waals surface area contributed by atoms with Crippen molar-refractivity contribution < 1.29 is 9.47 Å². The van der Waals surface area contributed by atoms with Crippen LogP contribution in [0.4, 0.5) is 0 Å². The monoisotopic (exact) mass is 738 g/mol. The van der Waals surface area contributed by atoms with E-state index in [0.717, 1.165) is 112 Å². The number of fused-ring (bicyclic) bond motifs is 8. The minimum atomic E-state index is -0.106. The maximum absolute atomic E-state index is 7.24. The zero-order valence-corrected chi connectivity index (χ0v) is 30.9. The molecule has 0 N–H and O–H groups in total. The summed E-state index contributed by atoms with van der Waals surface area (Å²) in [7, 11) is 0. The average Bonchev–Trinajstić information content (AvgIpc) is 3.88. The predicted octanol–water partition coefficient (Wildman–Crippen LogP) is 7.24. The molecular weight excluding hydrogens is 710 g/mol. The van der Waals surface area contributed by atoms with Gasteiger partial charge in [-0.25, -0.2) is 9.97 Å². The highest BCUT2D eigenvalue weighted by Crippen LogP contribution is 2.46. The Morgan fingerprint density at radius 3 is 1.29 bits per heavy atom. The van der Waals surface area contributed by atoms with Crippen molar-refractivity contribution in [1.82, 2.24) is 19.1 Å². The Hall–Kier alpha value is -7.57. The van der Waals surface area contributed by atoms with Gasteiger partial charge in [0.05, 0.1) is 27.6 Å². The van der Waals surface area contributed by atoms with Crippen LogP contribution in [0, 0.1) is 0 Å². The minimum Gasteiger partial charge on any atom is -0.458 e. The molecule has 0 unspecified atom stereocenters. The number of ether oxygens (including phenoxy) is 2. The van der Waals surface area contributed by atoms with Crippen LogP contribution in [0.1, 0.15) is 0 Å². The van der Waals surface area contributed by atoms with Gasteiger partial charge in [0.15, 0.2) is 0 Å². The summed E-state index contributed by atoms with van der Waals surface area (Å²) < 4.78 is 19.2. The summed E-state index contributed by atoms with van der Waals surface area (Å²) in [4.78, 5) is 10.6. The van der Waals surface area contributed by atoms with Crippen molar-refractivity contribution in [3.05, 3.63) is 170 Å². The molecule has 0 spiro atoms. The van der Waals surface area contributed by atoms with Crippen molar-refractivity contribution in [3.8, 4) is 68.3 Å². The topological polar surface area (TPSA) is 54.1 Å². The van der Waals surface area contributed by atoms with Crippen LogP contribution in [0.25, 0.3) is 67.3 Å². The van der Waals surface area contributed by atoms with Gasteiger partial charge in [-0.2, -0.15) is 0 Å². The summed E-state index contributed by atoms with van der Waals surface area (Å²) in [5.41, 5.74) is 17.5. The first-order valence-corrected chi connectivity index (χ1v) is 19.8. The average molecular weight is 738 g/mol. The molecule has 0 saturated heterocycles. The van der Waals surface area contributed by atoms with Gasteiger partial charge < -0.3 is 9.47 Å². The molecule has 4 aliphatic heterocycles. The summed E-state index contributed by atoms with van der Waals surface area (Å²) in [6.07, 6.45) is 0. The van der Waals surface area contributed by atoms with E-state index in [2.05, 4.69) is 179 Å². The first-order valence-electron chi connectivity index (χ1n) is 19.8. The second-order valence-corrected chi connectivity index (χ2v) is 15.6. The Kier molecular flexibility index (Phi) is 5.83. The van der Waals surface area contributed by atoms with Gasteiger partial charge >= 0.3 is 0 Å². The molecule has 8 heteroatoms. The van der Waals surface area contributed by atoms with Gasteiger partial charge in [0, 0.05) is 22.5 Å². The molecule has 58 heavy (non-hydrogen) atoms. The van der Waals surface area contributed by atoms with Gasteiger partial charge in [0.2, 0.25) is 0 Å². The van der Waals surface area contributed by atoms with Crippen LogP contribution in [0.5, 0.6) is 23.0 Å². The number of hydrogen-bond acceptors (Lipinski definition) is 4. The largest absolute Gasteiger partial charge is 0.458 e. The van der Waals surface area contributed by atoms with Crippen molar-refractivity contribution in [2.75, 3.05) is 0 Å². The summed E-state index contributed by atoms with van der Waals surface area (Å²) in [6, 6.07) is 60.0. The molecule has 0 amide bonds. The second-order valence-electron chi connectivity index (χ2n) is 15.6. The Morgan fingerprint density at radius 1 is 0.397 bits per heavy atom. The fourth-order valence-corrected chi connectivity index (χ4v) is 10.4. The molecule has 6 heterocycles. The zero-order chi connectivity index (χ0) is 37.6. The minimum absolute atomic E-state index is 0.106. The van der Waals surface area contributed by atoms with Crippen molar-refractivity contribution in [2.45, 2.75) is 0 Å². The molecule has 4 aliphatic rings. The summed E-state index contributed by atoms with van der Waals surface area (Å²) >= 11 is 0. The van der Waals surface area contributed by atoms with Crippen molar-refractivity contribution in [1.29, 1.82) is 0 Å². The fourth-order valence-electron chi connectivity index (χ4n) is 10.4. The SMILES string of the molecule is c1ccc(-c2c3c(cc4c2Oc2cccc5c2B4c2cccc4nc(-c6ccccc6)n-5c24)B2c4c(cccc4-n4c(-c5ccccc5)nc5cccc2c54)O3)cc1. The molecule has 266 valence electrons. The van der Waals surface area contributed by atoms with E-state index in [1.165, 1.54) is 10.9 Å². The van der Waals surface area contributed by atoms with Crippen molar-refractivity contribution in [3.63, 3.8) is 0 Å². The highest BCUT2D eigenvalue weighted by Gasteiger charge is 2.47. The molecular formula is C50H28B2N4O2. The van der Waals surface area contributed by atoms with Crippen LogP contribution in [-0.4, -0.2) is 32.5 Å². The summed E-state index contributed by atoms with van der Waals surface area (Å²) in [5.74, 6) is 5.21. The van der Waals surface area contributed by atoms with Gasteiger partial charge in [0.25, 0.3) is 13.4 Å². The van der Waals surface area contributed by atoms with Gasteiger partial charge in [-0.3, -0.25) is 9.13 Å². The molecule has 0 atom stereocenters. The van der Waals surface area contributed by atoms with E-state index in [-0.39, 0.29) is 13.4 Å². The van der Waals surface area contributed by atoms with E-state index in [4.69, 9.17) is 19.4 Å². The first-order chi connectivity index (χ1) is 28.8. The molecule has 6 nitrogen and oxygen atoms in total. The third-order valence-electron chi connectivity index (χ3n) is 12.6. The second kappa shape index (κ2) is 11.1. The Bertz CT molecular complexity index is 3210. The maximum Gasteiger partial charge on any atom is 0.256 e. The zero-order valence-electron chi connectivity index (χ0n) is 30.9. The first kappa shape index (κ1) is 30.6. The molecule has 0 radical (unpaired) electrons. The van der Waals surface area contributed by atoms with Crippen LogP contribution in [-0.2, 0) is 0 Å². The highest BCUT2D eigenvalue weighted by atomic mass is 16.5. The summed E-state index contributed by atoms with van der Waals surface area (Å²) in [5, 5.41) is 0. The number of nitrogens with zero attached hydrogens (tertiary/aromatic N) is 4. The lowest BCUT2D eigenvalue weighted by Gasteiger charge is -2.38. The van der Waals surface area contributed by atoms with Gasteiger partial charge in [-0.05, 0) is 74.7 Å². The molecule has 0 aliphatic carbocycles. The molecule has 2 aromatic heterocycles. The van der Waals surface area contributed by atoms with E-state index in [9.17, 15) is 0 Å². The number of rotatable bonds is 3. The van der Waals surface area contributed by atoms with E-state index >= 15 is 0 Å². The number of hydrogen-bond donors (Lipinski definition) is 0. The lowest BCUT2D eigenvalue weighted by Crippen LogP contribution is -2.62. The van der Waals surface area contributed by atoms with Crippen LogP contribution < -0.4 is 42.3 Å².